The number of aliphatic hydroxyl groups excluding tert-OH is 1. The van der Waals surface area contributed by atoms with Crippen LogP contribution in [0.1, 0.15) is 49.4 Å². The molecule has 2 heteroatoms. The fraction of sp³-hybridized carbons (Fsp3) is 0.600. The highest BCUT2D eigenvalue weighted by Crippen LogP contribution is 2.21. The van der Waals surface area contributed by atoms with Crippen molar-refractivity contribution in [2.24, 2.45) is 11.7 Å². The zero-order chi connectivity index (χ0) is 13.0. The van der Waals surface area contributed by atoms with Gasteiger partial charge in [-0.3, -0.25) is 0 Å². The molecule has 0 unspecified atom stereocenters. The second kappa shape index (κ2) is 6.18. The molecule has 0 spiro atoms. The number of nitrogens with two attached hydrogens (primary N) is 1. The molecule has 0 radical (unpaired) electrons. The fourth-order valence-electron chi connectivity index (χ4n) is 2.11. The van der Waals surface area contributed by atoms with E-state index in [4.69, 9.17) is 5.73 Å². The lowest BCUT2D eigenvalue weighted by Crippen LogP contribution is -2.26. The first-order valence-corrected chi connectivity index (χ1v) is 6.42. The molecule has 3 N–H and O–H groups in total. The molecular weight excluding hydrogens is 210 g/mol. The average Bonchev–Trinajstić information content (AvgIpc) is 2.23. The van der Waals surface area contributed by atoms with Gasteiger partial charge in [0.2, 0.25) is 0 Å². The highest BCUT2D eigenvalue weighted by Gasteiger charge is 2.17. The van der Waals surface area contributed by atoms with E-state index in [1.807, 2.05) is 0 Å². The lowest BCUT2D eigenvalue weighted by atomic mass is 9.94. The van der Waals surface area contributed by atoms with E-state index in [0.717, 1.165) is 18.4 Å². The summed E-state index contributed by atoms with van der Waals surface area (Å²) in [7, 11) is 0. The molecule has 0 aliphatic carbocycles. The molecule has 96 valence electrons. The zero-order valence-corrected chi connectivity index (χ0v) is 11.4. The molecule has 0 saturated heterocycles. The Morgan fingerprint density at radius 1 is 1.06 bits per heavy atom. The van der Waals surface area contributed by atoms with Gasteiger partial charge in [-0.25, -0.2) is 0 Å². The Bertz CT molecular complexity index is 340. The summed E-state index contributed by atoms with van der Waals surface area (Å²) in [5, 5.41) is 10.1. The Kier molecular flexibility index (Phi) is 5.16. The van der Waals surface area contributed by atoms with E-state index in [-0.39, 0.29) is 6.04 Å². The number of hydrogen-bond donors (Lipinski definition) is 2. The monoisotopic (exact) mass is 235 g/mol. The first-order chi connectivity index (χ1) is 7.90. The van der Waals surface area contributed by atoms with E-state index in [0.29, 0.717) is 5.92 Å². The average molecular weight is 235 g/mol. The predicted octanol–water partition coefficient (Wildman–Crippen LogP) is 3.10. The van der Waals surface area contributed by atoms with E-state index in [2.05, 4.69) is 45.9 Å². The summed E-state index contributed by atoms with van der Waals surface area (Å²) >= 11 is 0. The number of benzene rings is 1. The van der Waals surface area contributed by atoms with E-state index in [1.165, 1.54) is 11.1 Å². The normalized spacial score (nSPS) is 15.0. The van der Waals surface area contributed by atoms with Crippen LogP contribution in [0.15, 0.2) is 18.2 Å². The van der Waals surface area contributed by atoms with Crippen molar-refractivity contribution >= 4 is 0 Å². The SMILES string of the molecule is Cc1cc(C)cc([C@@H](N)[C@@H](O)CCC(C)C)c1. The number of rotatable bonds is 5. The zero-order valence-electron chi connectivity index (χ0n) is 11.4. The minimum Gasteiger partial charge on any atom is -0.391 e. The van der Waals surface area contributed by atoms with Gasteiger partial charge in [0.25, 0.3) is 0 Å². The van der Waals surface area contributed by atoms with Crippen molar-refractivity contribution in [2.45, 2.75) is 52.7 Å². The quantitative estimate of drug-likeness (QED) is 0.823. The molecule has 17 heavy (non-hydrogen) atoms. The molecular formula is C15H25NO. The molecule has 0 bridgehead atoms. The molecule has 0 saturated carbocycles. The molecule has 1 aromatic rings. The van der Waals surface area contributed by atoms with Gasteiger partial charge in [-0.2, -0.15) is 0 Å². The van der Waals surface area contributed by atoms with Crippen LogP contribution in [0.3, 0.4) is 0 Å². The van der Waals surface area contributed by atoms with Gasteiger partial charge in [0, 0.05) is 0 Å². The van der Waals surface area contributed by atoms with Crippen LogP contribution in [0.5, 0.6) is 0 Å². The van der Waals surface area contributed by atoms with Gasteiger partial charge in [-0.1, -0.05) is 43.2 Å². The van der Waals surface area contributed by atoms with Crippen molar-refractivity contribution in [3.8, 4) is 0 Å². The summed E-state index contributed by atoms with van der Waals surface area (Å²) in [5.74, 6) is 0.607. The lowest BCUT2D eigenvalue weighted by molar-refractivity contribution is 0.128. The van der Waals surface area contributed by atoms with Crippen LogP contribution in [0, 0.1) is 19.8 Å². The minimum absolute atomic E-state index is 0.271. The van der Waals surface area contributed by atoms with E-state index in [1.54, 1.807) is 0 Å². The highest BCUT2D eigenvalue weighted by molar-refractivity contribution is 5.31. The van der Waals surface area contributed by atoms with Crippen molar-refractivity contribution in [2.75, 3.05) is 0 Å². The maximum atomic E-state index is 10.1. The highest BCUT2D eigenvalue weighted by atomic mass is 16.3. The van der Waals surface area contributed by atoms with Crippen molar-refractivity contribution in [3.05, 3.63) is 34.9 Å². The summed E-state index contributed by atoms with van der Waals surface area (Å²) in [6, 6.07) is 5.98. The predicted molar refractivity (Wildman–Crippen MR) is 72.9 cm³/mol. The molecule has 2 nitrogen and oxygen atoms in total. The summed E-state index contributed by atoms with van der Waals surface area (Å²) < 4.78 is 0. The Hall–Kier alpha value is -0.860. The number of hydrogen-bond acceptors (Lipinski definition) is 2. The van der Waals surface area contributed by atoms with Gasteiger partial charge < -0.3 is 10.8 Å². The number of aryl methyl sites for hydroxylation is 2. The van der Waals surface area contributed by atoms with Crippen LogP contribution >= 0.6 is 0 Å². The molecule has 0 aromatic heterocycles. The Labute approximate surface area is 105 Å². The molecule has 1 aromatic carbocycles. The Balaban J connectivity index is 2.70. The van der Waals surface area contributed by atoms with Crippen molar-refractivity contribution in [1.82, 2.24) is 0 Å². The third-order valence-electron chi connectivity index (χ3n) is 3.08. The van der Waals surface area contributed by atoms with Crippen LogP contribution < -0.4 is 5.73 Å². The smallest absolute Gasteiger partial charge is 0.0732 e. The standard InChI is InChI=1S/C15H25NO/c1-10(2)5-6-14(17)15(16)13-8-11(3)7-12(4)9-13/h7-10,14-15,17H,5-6,16H2,1-4H3/t14-,15+/m0/s1. The van der Waals surface area contributed by atoms with Gasteiger partial charge in [-0.15, -0.1) is 0 Å². The van der Waals surface area contributed by atoms with Crippen molar-refractivity contribution in [1.29, 1.82) is 0 Å². The fourth-order valence-corrected chi connectivity index (χ4v) is 2.11. The van der Waals surface area contributed by atoms with Crippen LogP contribution in [0.25, 0.3) is 0 Å². The first kappa shape index (κ1) is 14.2. The molecule has 0 amide bonds. The number of aliphatic hydroxyl groups is 1. The van der Waals surface area contributed by atoms with E-state index in [9.17, 15) is 5.11 Å². The molecule has 1 rings (SSSR count). The second-order valence-corrected chi connectivity index (χ2v) is 5.49. The largest absolute Gasteiger partial charge is 0.391 e. The first-order valence-electron chi connectivity index (χ1n) is 6.42. The molecule has 0 heterocycles. The van der Waals surface area contributed by atoms with Crippen molar-refractivity contribution < 1.29 is 5.11 Å². The van der Waals surface area contributed by atoms with Gasteiger partial charge in [0.05, 0.1) is 12.1 Å². The molecule has 0 aliphatic rings. The second-order valence-electron chi connectivity index (χ2n) is 5.49. The van der Waals surface area contributed by atoms with Crippen LogP contribution in [-0.4, -0.2) is 11.2 Å². The molecule has 0 fully saturated rings. The van der Waals surface area contributed by atoms with Crippen LogP contribution in [0.2, 0.25) is 0 Å². The summed E-state index contributed by atoms with van der Waals surface area (Å²) in [6.07, 6.45) is 1.34. The minimum atomic E-state index is -0.446. The third kappa shape index (κ3) is 4.49. The summed E-state index contributed by atoms with van der Waals surface area (Å²) in [5.41, 5.74) is 9.55. The maximum Gasteiger partial charge on any atom is 0.0732 e. The Morgan fingerprint density at radius 2 is 1.59 bits per heavy atom. The Morgan fingerprint density at radius 3 is 2.06 bits per heavy atom. The topological polar surface area (TPSA) is 46.2 Å². The summed E-state index contributed by atoms with van der Waals surface area (Å²) in [4.78, 5) is 0. The van der Waals surface area contributed by atoms with Gasteiger partial charge in [0.15, 0.2) is 0 Å². The van der Waals surface area contributed by atoms with Gasteiger partial charge in [0.1, 0.15) is 0 Å². The third-order valence-corrected chi connectivity index (χ3v) is 3.08. The van der Waals surface area contributed by atoms with Gasteiger partial charge in [-0.05, 0) is 38.2 Å². The lowest BCUT2D eigenvalue weighted by Gasteiger charge is -2.21. The van der Waals surface area contributed by atoms with Crippen molar-refractivity contribution in [3.63, 3.8) is 0 Å². The maximum absolute atomic E-state index is 10.1. The van der Waals surface area contributed by atoms with Crippen LogP contribution in [0.4, 0.5) is 0 Å². The molecule has 0 aliphatic heterocycles. The summed E-state index contributed by atoms with van der Waals surface area (Å²) in [6.45, 7) is 8.44. The van der Waals surface area contributed by atoms with Crippen LogP contribution in [-0.2, 0) is 0 Å². The van der Waals surface area contributed by atoms with E-state index < -0.39 is 6.10 Å². The van der Waals surface area contributed by atoms with E-state index >= 15 is 0 Å². The van der Waals surface area contributed by atoms with Gasteiger partial charge >= 0.3 is 0 Å². The molecule has 2 atom stereocenters.